The van der Waals surface area contributed by atoms with Crippen LogP contribution in [0.1, 0.15) is 27.7 Å². The summed E-state index contributed by atoms with van der Waals surface area (Å²) in [5.74, 6) is 0.532. The van der Waals surface area contributed by atoms with Gasteiger partial charge in [0.25, 0.3) is 0 Å². The number of ether oxygens (including phenoxy) is 1. The topological polar surface area (TPSA) is 41.6 Å². The van der Waals surface area contributed by atoms with E-state index in [-0.39, 0.29) is 24.2 Å². The monoisotopic (exact) mass is 228 g/mol. The van der Waals surface area contributed by atoms with Crippen molar-refractivity contribution >= 4 is 5.91 Å². The van der Waals surface area contributed by atoms with Crippen LogP contribution in [0.5, 0.6) is 0 Å². The Hall–Kier alpha value is -0.610. The van der Waals surface area contributed by atoms with Gasteiger partial charge in [-0.15, -0.1) is 0 Å². The Morgan fingerprint density at radius 1 is 1.44 bits per heavy atom. The highest BCUT2D eigenvalue weighted by Crippen LogP contribution is 2.16. The van der Waals surface area contributed by atoms with Gasteiger partial charge in [-0.05, 0) is 19.8 Å². The van der Waals surface area contributed by atoms with Gasteiger partial charge in [0.1, 0.15) is 6.61 Å². The van der Waals surface area contributed by atoms with E-state index in [9.17, 15) is 4.79 Å². The number of amides is 1. The minimum absolute atomic E-state index is 0.0642. The van der Waals surface area contributed by atoms with Gasteiger partial charge in [0, 0.05) is 26.2 Å². The van der Waals surface area contributed by atoms with Crippen LogP contribution in [0.4, 0.5) is 0 Å². The molecule has 1 amide bonds. The Morgan fingerprint density at radius 2 is 2.00 bits per heavy atom. The van der Waals surface area contributed by atoms with Crippen LogP contribution in [-0.4, -0.2) is 49.2 Å². The quantitative estimate of drug-likeness (QED) is 0.759. The van der Waals surface area contributed by atoms with E-state index in [1.165, 1.54) is 0 Å². The number of rotatable bonds is 5. The number of carbonyl (C=O) groups excluding carboxylic acids is 1. The Morgan fingerprint density at radius 3 is 2.38 bits per heavy atom. The third kappa shape index (κ3) is 3.19. The molecule has 0 aliphatic carbocycles. The molecule has 1 fully saturated rings. The summed E-state index contributed by atoms with van der Waals surface area (Å²) in [5, 5.41) is 3.15. The second-order valence-corrected chi connectivity index (χ2v) is 5.33. The number of hydrogen-bond acceptors (Lipinski definition) is 3. The molecule has 1 atom stereocenters. The first-order valence-corrected chi connectivity index (χ1v) is 5.96. The number of hydrogen-bond donors (Lipinski definition) is 1. The van der Waals surface area contributed by atoms with Gasteiger partial charge >= 0.3 is 0 Å². The summed E-state index contributed by atoms with van der Waals surface area (Å²) in [6.07, 6.45) is 0. The summed E-state index contributed by atoms with van der Waals surface area (Å²) in [6.45, 7) is 10.2. The Balaban J connectivity index is 2.34. The van der Waals surface area contributed by atoms with Crippen LogP contribution in [0.15, 0.2) is 0 Å². The fraction of sp³-hybridized carbons (Fsp3) is 0.917. The lowest BCUT2D eigenvalue weighted by Gasteiger charge is -2.39. The second kappa shape index (κ2) is 5.15. The van der Waals surface area contributed by atoms with Crippen LogP contribution >= 0.6 is 0 Å². The lowest BCUT2D eigenvalue weighted by molar-refractivity contribution is -0.147. The fourth-order valence-corrected chi connectivity index (χ4v) is 1.59. The minimum Gasteiger partial charge on any atom is -0.363 e. The summed E-state index contributed by atoms with van der Waals surface area (Å²) in [7, 11) is 1.84. The molecule has 1 heterocycles. The summed E-state index contributed by atoms with van der Waals surface area (Å²) >= 11 is 0. The number of nitrogens with one attached hydrogen (secondary N) is 1. The van der Waals surface area contributed by atoms with E-state index >= 15 is 0 Å². The van der Waals surface area contributed by atoms with Crippen LogP contribution in [0.3, 0.4) is 0 Å². The lowest BCUT2D eigenvalue weighted by Crippen LogP contribution is -2.59. The summed E-state index contributed by atoms with van der Waals surface area (Å²) < 4.78 is 5.62. The molecule has 94 valence electrons. The summed E-state index contributed by atoms with van der Waals surface area (Å²) in [6, 6.07) is 0.253. The highest BCUT2D eigenvalue weighted by atomic mass is 16.5. The first kappa shape index (κ1) is 13.5. The van der Waals surface area contributed by atoms with Gasteiger partial charge in [0.15, 0.2) is 0 Å². The smallest absolute Gasteiger partial charge is 0.248 e. The first-order chi connectivity index (χ1) is 7.36. The van der Waals surface area contributed by atoms with Crippen molar-refractivity contribution < 1.29 is 9.53 Å². The van der Waals surface area contributed by atoms with Gasteiger partial charge in [-0.1, -0.05) is 13.8 Å². The standard InChI is InChI=1S/C12H24N2O2/c1-9(2)10(3)14(5)11(15)6-16-12(4)7-13-8-12/h9-10,13H,6-8H2,1-5H3. The predicted molar refractivity (Wildman–Crippen MR) is 64.3 cm³/mol. The number of likely N-dealkylation sites (N-methyl/N-ethyl adjacent to an activating group) is 1. The SMILES string of the molecule is CC(C)C(C)N(C)C(=O)COC1(C)CNC1. The summed E-state index contributed by atoms with van der Waals surface area (Å²) in [4.78, 5) is 13.6. The molecule has 1 N–H and O–H groups in total. The van der Waals surface area contributed by atoms with Gasteiger partial charge < -0.3 is 15.0 Å². The van der Waals surface area contributed by atoms with E-state index < -0.39 is 0 Å². The molecule has 0 saturated carbocycles. The molecule has 4 heteroatoms. The van der Waals surface area contributed by atoms with Crippen molar-refractivity contribution in [3.63, 3.8) is 0 Å². The van der Waals surface area contributed by atoms with Crippen molar-refractivity contribution in [1.82, 2.24) is 10.2 Å². The maximum atomic E-state index is 11.9. The molecule has 0 aromatic carbocycles. The molecule has 1 saturated heterocycles. The Kier molecular flexibility index (Phi) is 4.33. The molecular weight excluding hydrogens is 204 g/mol. The molecule has 1 aliphatic heterocycles. The molecule has 0 aromatic rings. The van der Waals surface area contributed by atoms with Crippen molar-refractivity contribution in [3.05, 3.63) is 0 Å². The van der Waals surface area contributed by atoms with E-state index in [4.69, 9.17) is 4.74 Å². The second-order valence-electron chi connectivity index (χ2n) is 5.33. The normalized spacial score (nSPS) is 20.4. The third-order valence-corrected chi connectivity index (χ3v) is 3.51. The maximum Gasteiger partial charge on any atom is 0.248 e. The molecule has 0 bridgehead atoms. The Labute approximate surface area is 98.3 Å². The van der Waals surface area contributed by atoms with Crippen molar-refractivity contribution in [1.29, 1.82) is 0 Å². The van der Waals surface area contributed by atoms with Gasteiger partial charge in [-0.25, -0.2) is 0 Å². The van der Waals surface area contributed by atoms with Crippen LogP contribution in [0.2, 0.25) is 0 Å². The van der Waals surface area contributed by atoms with E-state index in [1.807, 2.05) is 14.0 Å². The molecular formula is C12H24N2O2. The zero-order valence-corrected chi connectivity index (χ0v) is 11.0. The fourth-order valence-electron chi connectivity index (χ4n) is 1.59. The highest BCUT2D eigenvalue weighted by molar-refractivity contribution is 5.77. The van der Waals surface area contributed by atoms with Crippen LogP contribution in [0.25, 0.3) is 0 Å². The van der Waals surface area contributed by atoms with Gasteiger partial charge in [0.05, 0.1) is 5.60 Å². The molecule has 0 aromatic heterocycles. The van der Waals surface area contributed by atoms with Crippen molar-refractivity contribution in [2.75, 3.05) is 26.7 Å². The van der Waals surface area contributed by atoms with Gasteiger partial charge in [0.2, 0.25) is 5.91 Å². The largest absolute Gasteiger partial charge is 0.363 e. The maximum absolute atomic E-state index is 11.9. The average molecular weight is 228 g/mol. The van der Waals surface area contributed by atoms with E-state index in [2.05, 4.69) is 26.1 Å². The molecule has 1 unspecified atom stereocenters. The minimum atomic E-state index is -0.141. The molecule has 4 nitrogen and oxygen atoms in total. The number of carbonyl (C=O) groups is 1. The van der Waals surface area contributed by atoms with Crippen molar-refractivity contribution in [2.45, 2.75) is 39.3 Å². The van der Waals surface area contributed by atoms with Crippen LogP contribution in [-0.2, 0) is 9.53 Å². The molecule has 1 rings (SSSR count). The zero-order valence-electron chi connectivity index (χ0n) is 11.0. The van der Waals surface area contributed by atoms with Crippen molar-refractivity contribution in [3.8, 4) is 0 Å². The lowest BCUT2D eigenvalue weighted by atomic mass is 10.0. The summed E-state index contributed by atoms with van der Waals surface area (Å²) in [5.41, 5.74) is -0.141. The van der Waals surface area contributed by atoms with E-state index in [1.54, 1.807) is 4.90 Å². The molecule has 0 radical (unpaired) electrons. The average Bonchev–Trinajstić information content (AvgIpc) is 2.20. The molecule has 1 aliphatic rings. The van der Waals surface area contributed by atoms with Crippen LogP contribution in [0, 0.1) is 5.92 Å². The zero-order chi connectivity index (χ0) is 12.3. The van der Waals surface area contributed by atoms with E-state index in [0.29, 0.717) is 5.92 Å². The van der Waals surface area contributed by atoms with Gasteiger partial charge in [-0.3, -0.25) is 4.79 Å². The third-order valence-electron chi connectivity index (χ3n) is 3.51. The van der Waals surface area contributed by atoms with Gasteiger partial charge in [-0.2, -0.15) is 0 Å². The van der Waals surface area contributed by atoms with E-state index in [0.717, 1.165) is 13.1 Å². The molecule has 16 heavy (non-hydrogen) atoms. The number of nitrogens with zero attached hydrogens (tertiary/aromatic N) is 1. The predicted octanol–water partition coefficient (Wildman–Crippen LogP) is 0.868. The van der Waals surface area contributed by atoms with Crippen LogP contribution < -0.4 is 5.32 Å². The Bertz CT molecular complexity index is 249. The first-order valence-electron chi connectivity index (χ1n) is 5.96. The van der Waals surface area contributed by atoms with Crippen molar-refractivity contribution in [2.24, 2.45) is 5.92 Å². The highest BCUT2D eigenvalue weighted by Gasteiger charge is 2.33. The molecule has 0 spiro atoms.